The molecule has 0 heterocycles. The molecule has 0 aromatic carbocycles. The van der Waals surface area contributed by atoms with Crippen molar-refractivity contribution in [3.63, 3.8) is 0 Å². The smallest absolute Gasteiger partial charge is 0.0382 e. The van der Waals surface area contributed by atoms with E-state index in [-0.39, 0.29) is 7.43 Å². The van der Waals surface area contributed by atoms with Gasteiger partial charge in [-0.05, 0) is 18.2 Å². The topological polar surface area (TPSA) is 0 Å². The van der Waals surface area contributed by atoms with Crippen LogP contribution in [0, 0.1) is 5.92 Å². The van der Waals surface area contributed by atoms with Crippen molar-refractivity contribution in [3.05, 3.63) is 0 Å². The fraction of sp³-hybridized carbons (Fsp3) is 1.00. The summed E-state index contributed by atoms with van der Waals surface area (Å²) in [5, 5.41) is 0. The van der Waals surface area contributed by atoms with Gasteiger partial charge in [-0.1, -0.05) is 54.9 Å². The molecular formula is C11H29P. The fourth-order valence-electron chi connectivity index (χ4n) is 0.539. The highest BCUT2D eigenvalue weighted by Crippen LogP contribution is 2.04. The third-order valence-corrected chi connectivity index (χ3v) is 2.89. The molecule has 0 aliphatic heterocycles. The summed E-state index contributed by atoms with van der Waals surface area (Å²) in [4.78, 5) is 0. The third-order valence-electron chi connectivity index (χ3n) is 1.89. The Bertz CT molecular complexity index is 47.0. The molecule has 78 valence electrons. The van der Waals surface area contributed by atoms with E-state index in [9.17, 15) is 0 Å². The molecule has 0 aromatic rings. The Balaban J connectivity index is -0.000000126. The van der Waals surface area contributed by atoms with E-state index < -0.39 is 0 Å². The quantitative estimate of drug-likeness (QED) is 0.562. The Hall–Kier alpha value is 0.430. The van der Waals surface area contributed by atoms with Gasteiger partial charge in [0.25, 0.3) is 0 Å². The molecule has 0 radical (unpaired) electrons. The summed E-state index contributed by atoms with van der Waals surface area (Å²) < 4.78 is 0. The first-order chi connectivity index (χ1) is 5.22. The van der Waals surface area contributed by atoms with Gasteiger partial charge in [-0.3, -0.25) is 0 Å². The Morgan fingerprint density at radius 2 is 1.25 bits per heavy atom. The second-order valence-corrected chi connectivity index (χ2v) is 4.79. The summed E-state index contributed by atoms with van der Waals surface area (Å²) in [5.41, 5.74) is 0. The zero-order chi connectivity index (χ0) is 9.11. The van der Waals surface area contributed by atoms with Crippen molar-refractivity contribution in [1.29, 1.82) is 0 Å². The van der Waals surface area contributed by atoms with E-state index in [1.165, 1.54) is 33.7 Å². The van der Waals surface area contributed by atoms with Gasteiger partial charge in [0, 0.05) is 0 Å². The normalized spacial score (nSPS) is 8.50. The Labute approximate surface area is 82.3 Å². The van der Waals surface area contributed by atoms with Gasteiger partial charge in [-0.2, -0.15) is 0 Å². The summed E-state index contributed by atoms with van der Waals surface area (Å²) in [6, 6.07) is 0. The lowest BCUT2D eigenvalue weighted by Gasteiger charge is -1.98. The van der Waals surface area contributed by atoms with Crippen LogP contribution in [0.4, 0.5) is 0 Å². The van der Waals surface area contributed by atoms with E-state index in [4.69, 9.17) is 0 Å². The standard InChI is InChI=1S/C6H14.C4H11P.CH4/c1-4-6(3)5-2;1-3-5-4-2;/h6H,4-5H2,1-3H3;5H,3-4H2,1-2H3;1H4. The van der Waals surface area contributed by atoms with Crippen LogP contribution in [-0.2, 0) is 0 Å². The zero-order valence-electron chi connectivity index (χ0n) is 8.91. The van der Waals surface area contributed by atoms with Crippen molar-refractivity contribution >= 4 is 8.58 Å². The van der Waals surface area contributed by atoms with Gasteiger partial charge in [0.05, 0.1) is 0 Å². The van der Waals surface area contributed by atoms with Crippen LogP contribution in [-0.4, -0.2) is 12.3 Å². The van der Waals surface area contributed by atoms with Gasteiger partial charge in [-0.25, -0.2) is 0 Å². The Morgan fingerprint density at radius 3 is 1.25 bits per heavy atom. The van der Waals surface area contributed by atoms with E-state index in [1.54, 1.807) is 0 Å². The maximum absolute atomic E-state index is 2.28. The molecule has 0 N–H and O–H groups in total. The van der Waals surface area contributed by atoms with Crippen molar-refractivity contribution in [2.24, 2.45) is 5.92 Å². The summed E-state index contributed by atoms with van der Waals surface area (Å²) in [5.74, 6) is 0.935. The Morgan fingerprint density at radius 1 is 0.917 bits per heavy atom. The second-order valence-electron chi connectivity index (χ2n) is 2.88. The maximum atomic E-state index is 2.28. The van der Waals surface area contributed by atoms with Crippen LogP contribution >= 0.6 is 8.58 Å². The number of rotatable bonds is 4. The van der Waals surface area contributed by atoms with E-state index in [0.29, 0.717) is 0 Å². The monoisotopic (exact) mass is 192 g/mol. The van der Waals surface area contributed by atoms with Crippen LogP contribution in [0.15, 0.2) is 0 Å². The highest BCUT2D eigenvalue weighted by molar-refractivity contribution is 7.37. The van der Waals surface area contributed by atoms with Crippen molar-refractivity contribution in [2.75, 3.05) is 12.3 Å². The first-order valence-electron chi connectivity index (χ1n) is 4.93. The third kappa shape index (κ3) is 22.4. The first-order valence-corrected chi connectivity index (χ1v) is 6.34. The molecule has 0 aliphatic rings. The fourth-order valence-corrected chi connectivity index (χ4v) is 1.04. The van der Waals surface area contributed by atoms with Gasteiger partial charge in [0.2, 0.25) is 0 Å². The van der Waals surface area contributed by atoms with Crippen LogP contribution in [0.1, 0.15) is 54.9 Å². The van der Waals surface area contributed by atoms with Crippen molar-refractivity contribution in [1.82, 2.24) is 0 Å². The van der Waals surface area contributed by atoms with Gasteiger partial charge in [-0.15, -0.1) is 8.58 Å². The molecule has 12 heavy (non-hydrogen) atoms. The predicted octanol–water partition coefficient (Wildman–Crippen LogP) is 4.78. The largest absolute Gasteiger partial charge is 0.123 e. The van der Waals surface area contributed by atoms with Crippen LogP contribution in [0.25, 0.3) is 0 Å². The first kappa shape index (κ1) is 18.3. The second kappa shape index (κ2) is 17.5. The minimum absolute atomic E-state index is 0. The average Bonchev–Trinajstić information content (AvgIpc) is 2.06. The lowest BCUT2D eigenvalue weighted by atomic mass is 10.1. The van der Waals surface area contributed by atoms with Crippen molar-refractivity contribution in [2.45, 2.75) is 54.9 Å². The molecule has 0 saturated carbocycles. The molecule has 0 fully saturated rings. The van der Waals surface area contributed by atoms with Crippen LogP contribution in [0.2, 0.25) is 0 Å². The molecule has 0 amide bonds. The molecule has 0 atom stereocenters. The van der Waals surface area contributed by atoms with Crippen LogP contribution < -0.4 is 0 Å². The minimum atomic E-state index is 0. The molecule has 0 aliphatic carbocycles. The molecule has 0 nitrogen and oxygen atoms in total. The van der Waals surface area contributed by atoms with Gasteiger partial charge >= 0.3 is 0 Å². The lowest BCUT2D eigenvalue weighted by Crippen LogP contribution is -1.85. The number of hydrogen-bond donors (Lipinski definition) is 0. The lowest BCUT2D eigenvalue weighted by molar-refractivity contribution is 0.544. The highest BCUT2D eigenvalue weighted by Gasteiger charge is 1.88. The average molecular weight is 192 g/mol. The van der Waals surface area contributed by atoms with E-state index in [1.807, 2.05) is 0 Å². The highest BCUT2D eigenvalue weighted by atomic mass is 31.1. The summed E-state index contributed by atoms with van der Waals surface area (Å²) in [6.45, 7) is 11.2. The van der Waals surface area contributed by atoms with E-state index in [0.717, 1.165) is 5.92 Å². The SMILES string of the molecule is C.CCC(C)CC.CCPCC. The maximum Gasteiger partial charge on any atom is -0.0382 e. The molecule has 1 heteroatoms. The molecule has 0 aromatic heterocycles. The van der Waals surface area contributed by atoms with Crippen molar-refractivity contribution in [3.8, 4) is 0 Å². The van der Waals surface area contributed by atoms with Crippen molar-refractivity contribution < 1.29 is 0 Å². The van der Waals surface area contributed by atoms with E-state index in [2.05, 4.69) is 34.6 Å². The summed E-state index contributed by atoms with van der Waals surface area (Å²) in [7, 11) is 1.20. The molecule has 0 rings (SSSR count). The van der Waals surface area contributed by atoms with E-state index >= 15 is 0 Å². The van der Waals surface area contributed by atoms with Crippen LogP contribution in [0.5, 0.6) is 0 Å². The molecule has 0 saturated heterocycles. The molecule has 0 bridgehead atoms. The summed E-state index contributed by atoms with van der Waals surface area (Å²) in [6.07, 6.45) is 5.40. The Kier molecular flexibility index (Phi) is 26.6. The predicted molar refractivity (Wildman–Crippen MR) is 65.9 cm³/mol. The van der Waals surface area contributed by atoms with Crippen LogP contribution in [0.3, 0.4) is 0 Å². The summed E-state index contributed by atoms with van der Waals surface area (Å²) >= 11 is 0. The van der Waals surface area contributed by atoms with Gasteiger partial charge in [0.15, 0.2) is 0 Å². The van der Waals surface area contributed by atoms with Gasteiger partial charge < -0.3 is 0 Å². The number of hydrogen-bond acceptors (Lipinski definition) is 0. The van der Waals surface area contributed by atoms with Gasteiger partial charge in [0.1, 0.15) is 0 Å². The minimum Gasteiger partial charge on any atom is -0.123 e. The molecular weight excluding hydrogens is 163 g/mol. The zero-order valence-corrected chi connectivity index (χ0v) is 9.91. The molecule has 0 unspecified atom stereocenters. The molecule has 0 spiro atoms.